The third-order valence-corrected chi connectivity index (χ3v) is 6.03. The Bertz CT molecular complexity index is 1060. The molecule has 6 nitrogen and oxygen atoms in total. The predicted octanol–water partition coefficient (Wildman–Crippen LogP) is 4.92. The number of carbonyl (C=O) groups is 1. The predicted molar refractivity (Wildman–Crippen MR) is 121 cm³/mol. The number of rotatable bonds is 7. The van der Waals surface area contributed by atoms with E-state index in [2.05, 4.69) is 35.4 Å². The summed E-state index contributed by atoms with van der Waals surface area (Å²) in [6.07, 6.45) is -0.261. The molecule has 0 aliphatic carbocycles. The van der Waals surface area contributed by atoms with Gasteiger partial charge in [0.1, 0.15) is 5.75 Å². The van der Waals surface area contributed by atoms with Crippen LogP contribution in [0.25, 0.3) is 0 Å². The monoisotopic (exact) mass is 424 g/mol. The van der Waals surface area contributed by atoms with Gasteiger partial charge in [-0.3, -0.25) is 4.79 Å². The molecule has 1 heterocycles. The van der Waals surface area contributed by atoms with Crippen LogP contribution in [0.15, 0.2) is 41.6 Å². The number of nitrogens with zero attached hydrogens (tertiary/aromatic N) is 3. The van der Waals surface area contributed by atoms with Crippen molar-refractivity contribution in [2.75, 3.05) is 11.1 Å². The molecule has 0 saturated heterocycles. The molecule has 3 rings (SSSR count). The first-order chi connectivity index (χ1) is 14.2. The molecule has 7 heteroatoms. The van der Waals surface area contributed by atoms with Gasteiger partial charge in [0.05, 0.1) is 5.75 Å². The molecule has 30 heavy (non-hydrogen) atoms. The van der Waals surface area contributed by atoms with Gasteiger partial charge >= 0.3 is 0 Å². The third kappa shape index (κ3) is 5.21. The highest BCUT2D eigenvalue weighted by molar-refractivity contribution is 7.99. The van der Waals surface area contributed by atoms with Crippen LogP contribution in [-0.4, -0.2) is 26.4 Å². The number of hydrogen-bond donors (Lipinski definition) is 1. The minimum atomic E-state index is -0.261. The molecule has 1 amide bonds. The molecule has 0 spiro atoms. The number of anilines is 1. The summed E-state index contributed by atoms with van der Waals surface area (Å²) in [7, 11) is 1.89. The maximum absolute atomic E-state index is 12.4. The van der Waals surface area contributed by atoms with E-state index in [1.807, 2.05) is 62.7 Å². The summed E-state index contributed by atoms with van der Waals surface area (Å²) in [4.78, 5) is 12.4. The smallest absolute Gasteiger partial charge is 0.234 e. The molecule has 1 atom stereocenters. The largest absolute Gasteiger partial charge is 0.483 e. The summed E-state index contributed by atoms with van der Waals surface area (Å²) in [6.45, 7) is 10.1. The van der Waals surface area contributed by atoms with Crippen LogP contribution in [0.4, 0.5) is 5.69 Å². The highest BCUT2D eigenvalue weighted by atomic mass is 32.2. The quantitative estimate of drug-likeness (QED) is 0.545. The summed E-state index contributed by atoms with van der Waals surface area (Å²) in [5, 5.41) is 12.1. The first-order valence-electron chi connectivity index (χ1n) is 9.87. The lowest BCUT2D eigenvalue weighted by Crippen LogP contribution is -2.15. The molecule has 3 aromatic rings. The molecule has 0 bridgehead atoms. The Hall–Kier alpha value is -2.80. The van der Waals surface area contributed by atoms with Gasteiger partial charge in [0.2, 0.25) is 5.91 Å². The van der Waals surface area contributed by atoms with Gasteiger partial charge < -0.3 is 14.6 Å². The number of aromatic nitrogens is 3. The van der Waals surface area contributed by atoms with Crippen molar-refractivity contribution >= 4 is 23.4 Å². The zero-order valence-electron chi connectivity index (χ0n) is 18.3. The molecule has 0 aliphatic heterocycles. The van der Waals surface area contributed by atoms with Crippen LogP contribution in [0, 0.1) is 27.7 Å². The van der Waals surface area contributed by atoms with Crippen molar-refractivity contribution in [1.82, 2.24) is 14.8 Å². The fourth-order valence-corrected chi connectivity index (χ4v) is 3.84. The average molecular weight is 425 g/mol. The van der Waals surface area contributed by atoms with E-state index in [9.17, 15) is 4.79 Å². The standard InChI is InChI=1S/C23H28N4O2S/c1-14-7-10-20(17(4)11-14)24-21(28)13-30-23-26-25-22(27(23)6)18(5)29-19-9-8-15(2)16(3)12-19/h7-12,18H,13H2,1-6H3,(H,24,28). The Morgan fingerprint density at radius 2 is 1.83 bits per heavy atom. The van der Waals surface area contributed by atoms with Crippen LogP contribution in [0.3, 0.4) is 0 Å². The summed E-state index contributed by atoms with van der Waals surface area (Å²) in [6, 6.07) is 12.0. The van der Waals surface area contributed by atoms with Gasteiger partial charge in [-0.15, -0.1) is 10.2 Å². The molecule has 0 radical (unpaired) electrons. The van der Waals surface area contributed by atoms with Crippen LogP contribution < -0.4 is 10.1 Å². The van der Waals surface area contributed by atoms with E-state index in [1.165, 1.54) is 28.5 Å². The van der Waals surface area contributed by atoms with E-state index in [0.717, 1.165) is 17.0 Å². The van der Waals surface area contributed by atoms with Gasteiger partial charge in [-0.1, -0.05) is 35.5 Å². The first kappa shape index (κ1) is 21.9. The van der Waals surface area contributed by atoms with Gasteiger partial charge in [0, 0.05) is 12.7 Å². The minimum Gasteiger partial charge on any atom is -0.483 e. The van der Waals surface area contributed by atoms with Crippen molar-refractivity contribution in [3.05, 3.63) is 64.5 Å². The molecule has 0 saturated carbocycles. The van der Waals surface area contributed by atoms with Gasteiger partial charge in [-0.2, -0.15) is 0 Å². The Morgan fingerprint density at radius 3 is 2.53 bits per heavy atom. The summed E-state index contributed by atoms with van der Waals surface area (Å²) >= 11 is 1.35. The highest BCUT2D eigenvalue weighted by Crippen LogP contribution is 2.25. The van der Waals surface area contributed by atoms with Crippen molar-refractivity contribution in [2.45, 2.75) is 45.9 Å². The van der Waals surface area contributed by atoms with Crippen molar-refractivity contribution in [2.24, 2.45) is 7.05 Å². The average Bonchev–Trinajstić information content (AvgIpc) is 3.06. The third-order valence-electron chi connectivity index (χ3n) is 5.01. The lowest BCUT2D eigenvalue weighted by Gasteiger charge is -2.15. The van der Waals surface area contributed by atoms with Gasteiger partial charge in [0.25, 0.3) is 0 Å². The number of benzene rings is 2. The Kier molecular flexibility index (Phi) is 6.82. The molecule has 158 valence electrons. The fourth-order valence-electron chi connectivity index (χ4n) is 3.12. The number of carbonyl (C=O) groups excluding carboxylic acids is 1. The van der Waals surface area contributed by atoms with E-state index >= 15 is 0 Å². The topological polar surface area (TPSA) is 69.0 Å². The van der Waals surface area contributed by atoms with Crippen LogP contribution in [-0.2, 0) is 11.8 Å². The lowest BCUT2D eigenvalue weighted by atomic mass is 10.1. The van der Waals surface area contributed by atoms with E-state index in [0.29, 0.717) is 11.0 Å². The van der Waals surface area contributed by atoms with Gasteiger partial charge in [-0.25, -0.2) is 0 Å². The van der Waals surface area contributed by atoms with Crippen molar-refractivity contribution in [3.63, 3.8) is 0 Å². The summed E-state index contributed by atoms with van der Waals surface area (Å²) in [5.41, 5.74) is 5.46. The highest BCUT2D eigenvalue weighted by Gasteiger charge is 2.18. The second-order valence-electron chi connectivity index (χ2n) is 7.56. The molecule has 1 unspecified atom stereocenters. The maximum Gasteiger partial charge on any atom is 0.234 e. The number of ether oxygens (including phenoxy) is 1. The number of hydrogen-bond acceptors (Lipinski definition) is 5. The second-order valence-corrected chi connectivity index (χ2v) is 8.50. The Morgan fingerprint density at radius 1 is 1.07 bits per heavy atom. The molecule has 1 aromatic heterocycles. The summed E-state index contributed by atoms with van der Waals surface area (Å²) in [5.74, 6) is 1.70. The first-order valence-corrected chi connectivity index (χ1v) is 10.9. The van der Waals surface area contributed by atoms with E-state index < -0.39 is 0 Å². The number of nitrogens with one attached hydrogen (secondary N) is 1. The Balaban J connectivity index is 1.60. The molecule has 2 aromatic carbocycles. The lowest BCUT2D eigenvalue weighted by molar-refractivity contribution is -0.113. The Labute approximate surface area is 182 Å². The molecule has 1 N–H and O–H groups in total. The molecular weight excluding hydrogens is 396 g/mol. The van der Waals surface area contributed by atoms with Crippen molar-refractivity contribution in [1.29, 1.82) is 0 Å². The van der Waals surface area contributed by atoms with Crippen LogP contribution in [0.2, 0.25) is 0 Å². The van der Waals surface area contributed by atoms with Gasteiger partial charge in [-0.05, 0) is 69.5 Å². The van der Waals surface area contributed by atoms with Crippen molar-refractivity contribution in [3.8, 4) is 5.75 Å². The SMILES string of the molecule is Cc1ccc(NC(=O)CSc2nnc(C(C)Oc3ccc(C)c(C)c3)n2C)c(C)c1. The zero-order valence-corrected chi connectivity index (χ0v) is 19.1. The van der Waals surface area contributed by atoms with Crippen LogP contribution in [0.1, 0.15) is 41.1 Å². The number of aryl methyl sites for hydroxylation is 4. The molecule has 0 fully saturated rings. The van der Waals surface area contributed by atoms with E-state index in [1.54, 1.807) is 0 Å². The van der Waals surface area contributed by atoms with E-state index in [-0.39, 0.29) is 17.8 Å². The normalized spacial score (nSPS) is 11.9. The van der Waals surface area contributed by atoms with Crippen LogP contribution in [0.5, 0.6) is 5.75 Å². The number of thioether (sulfide) groups is 1. The summed E-state index contributed by atoms with van der Waals surface area (Å²) < 4.78 is 7.92. The fraction of sp³-hybridized carbons (Fsp3) is 0.348. The van der Waals surface area contributed by atoms with Gasteiger partial charge in [0.15, 0.2) is 17.1 Å². The maximum atomic E-state index is 12.4. The van der Waals surface area contributed by atoms with Crippen molar-refractivity contribution < 1.29 is 9.53 Å². The minimum absolute atomic E-state index is 0.0732. The number of amides is 1. The molecule has 0 aliphatic rings. The van der Waals surface area contributed by atoms with E-state index in [4.69, 9.17) is 4.74 Å². The molecular formula is C23H28N4O2S. The van der Waals surface area contributed by atoms with Crippen LogP contribution >= 0.6 is 11.8 Å². The zero-order chi connectivity index (χ0) is 21.8. The second kappa shape index (κ2) is 9.34.